The van der Waals surface area contributed by atoms with Gasteiger partial charge in [-0.25, -0.2) is 0 Å². The largest absolute Gasteiger partial charge is 0.871 e. The summed E-state index contributed by atoms with van der Waals surface area (Å²) >= 11 is 0. The molecule has 0 spiro atoms. The molecule has 0 amide bonds. The van der Waals surface area contributed by atoms with Crippen molar-refractivity contribution in [1.29, 1.82) is 0 Å². The molecule has 0 atom stereocenters. The van der Waals surface area contributed by atoms with Crippen molar-refractivity contribution < 1.29 is 35.9 Å². The van der Waals surface area contributed by atoms with E-state index < -0.39 is 33.7 Å². The molecule has 0 bridgehead atoms. The van der Waals surface area contributed by atoms with Gasteiger partial charge in [0.2, 0.25) is 0 Å². The Balaban J connectivity index is 2.29. The van der Waals surface area contributed by atoms with E-state index in [-0.39, 0.29) is 33.3 Å². The zero-order chi connectivity index (χ0) is 20.6. The van der Waals surface area contributed by atoms with E-state index in [1.165, 1.54) is 12.1 Å². The predicted molar refractivity (Wildman–Crippen MR) is 90.3 cm³/mol. The number of aromatic nitrogens is 1. The highest BCUT2D eigenvalue weighted by atomic mass is 16.8. The minimum atomic E-state index is -0.875. The highest BCUT2D eigenvalue weighted by molar-refractivity contribution is 5.95. The first-order chi connectivity index (χ1) is 13.2. The number of benzene rings is 2. The second-order valence-electron chi connectivity index (χ2n) is 5.62. The van der Waals surface area contributed by atoms with Gasteiger partial charge in [-0.15, -0.1) is 5.23 Å². The van der Waals surface area contributed by atoms with Crippen LogP contribution in [0, 0.1) is 10.1 Å². The molecule has 0 aliphatic carbocycles. The maximum atomic E-state index is 11.7. The number of hydrogen-bond donors (Lipinski definition) is 6. The van der Waals surface area contributed by atoms with Crippen LogP contribution in [0.15, 0.2) is 36.4 Å². The molecule has 28 heavy (non-hydrogen) atoms. The molecule has 1 heterocycles. The highest BCUT2D eigenvalue weighted by Gasteiger charge is 2.23. The Hall–Kier alpha value is -4.00. The molecule has 0 aliphatic rings. The lowest BCUT2D eigenvalue weighted by molar-refractivity contribution is -0.398. The summed E-state index contributed by atoms with van der Waals surface area (Å²) in [5.41, 5.74) is 0.782. The zero-order valence-corrected chi connectivity index (χ0v) is 13.8. The van der Waals surface area contributed by atoms with Crippen molar-refractivity contribution in [1.82, 2.24) is 4.98 Å². The molecular formula is C16H12N4O8-2. The quantitative estimate of drug-likeness (QED) is 0.274. The number of nitrogens with zero attached hydrogens (tertiary/aromatic N) is 2. The van der Waals surface area contributed by atoms with Crippen molar-refractivity contribution in [3.8, 4) is 39.6 Å². The Morgan fingerprint density at radius 1 is 1.00 bits per heavy atom. The third kappa shape index (κ3) is 3.09. The zero-order valence-electron chi connectivity index (χ0n) is 13.8. The molecular weight excluding hydrogens is 376 g/mol. The third-order valence-corrected chi connectivity index (χ3v) is 4.00. The van der Waals surface area contributed by atoms with E-state index in [0.29, 0.717) is 0 Å². The van der Waals surface area contributed by atoms with Gasteiger partial charge in [-0.2, -0.15) is 0 Å². The van der Waals surface area contributed by atoms with Crippen molar-refractivity contribution in [2.24, 2.45) is 0 Å². The maximum absolute atomic E-state index is 11.7. The molecule has 6 N–H and O–H groups in total. The summed E-state index contributed by atoms with van der Waals surface area (Å²) in [4.78, 5) is 12.6. The van der Waals surface area contributed by atoms with Crippen molar-refractivity contribution in [3.05, 3.63) is 46.5 Å². The number of nitro groups is 1. The van der Waals surface area contributed by atoms with Gasteiger partial charge in [0.1, 0.15) is 5.82 Å². The molecule has 0 aliphatic heterocycles. The van der Waals surface area contributed by atoms with Crippen LogP contribution >= 0.6 is 0 Å². The van der Waals surface area contributed by atoms with Crippen LogP contribution in [0.1, 0.15) is 0 Å². The number of rotatable bonds is 5. The number of aromatic amines is 1. The molecule has 0 unspecified atom stereocenters. The molecule has 0 radical (unpaired) electrons. The van der Waals surface area contributed by atoms with E-state index in [2.05, 4.69) is 4.98 Å². The second-order valence-corrected chi connectivity index (χ2v) is 5.62. The summed E-state index contributed by atoms with van der Waals surface area (Å²) in [6.45, 7) is 0. The summed E-state index contributed by atoms with van der Waals surface area (Å²) in [7, 11) is 0. The van der Waals surface area contributed by atoms with Gasteiger partial charge in [0.05, 0.1) is 16.2 Å². The summed E-state index contributed by atoms with van der Waals surface area (Å²) in [5, 5.41) is 72.0. The maximum Gasteiger partial charge on any atom is 0.262 e. The van der Waals surface area contributed by atoms with Crippen molar-refractivity contribution in [2.45, 2.75) is 0 Å². The van der Waals surface area contributed by atoms with Gasteiger partial charge in [-0.05, 0) is 22.9 Å². The van der Waals surface area contributed by atoms with Gasteiger partial charge in [0, 0.05) is 11.6 Å². The number of H-pyrrole nitrogens is 1. The van der Waals surface area contributed by atoms with Crippen LogP contribution in [0.5, 0.6) is 17.4 Å². The van der Waals surface area contributed by atoms with E-state index in [4.69, 9.17) is 0 Å². The SMILES string of the molecule is O=[N+]([O-])c1cc(-c2c(O)[nH]c(NO)c2-c2ccc([O-])c(N(O)O)c2)ccc1[O-]. The Morgan fingerprint density at radius 2 is 1.61 bits per heavy atom. The summed E-state index contributed by atoms with van der Waals surface area (Å²) in [5.74, 6) is -2.20. The minimum absolute atomic E-state index is 0.0355. The van der Waals surface area contributed by atoms with Gasteiger partial charge in [0.25, 0.3) is 5.69 Å². The minimum Gasteiger partial charge on any atom is -0.871 e. The van der Waals surface area contributed by atoms with E-state index in [1.54, 1.807) is 0 Å². The number of nitro benzene ring substituents is 1. The smallest absolute Gasteiger partial charge is 0.262 e. The first-order valence-corrected chi connectivity index (χ1v) is 7.54. The van der Waals surface area contributed by atoms with E-state index in [1.807, 2.05) is 5.48 Å². The van der Waals surface area contributed by atoms with Gasteiger partial charge in [0.15, 0.2) is 5.88 Å². The van der Waals surface area contributed by atoms with Crippen molar-refractivity contribution in [2.75, 3.05) is 10.7 Å². The average molecular weight is 388 g/mol. The summed E-state index contributed by atoms with van der Waals surface area (Å²) < 4.78 is 0. The monoisotopic (exact) mass is 388 g/mol. The first-order valence-electron chi connectivity index (χ1n) is 7.54. The molecule has 146 valence electrons. The summed E-state index contributed by atoms with van der Waals surface area (Å²) in [6, 6.07) is 6.48. The molecule has 2 aromatic carbocycles. The predicted octanol–water partition coefficient (Wildman–Crippen LogP) is 1.50. The fourth-order valence-electron chi connectivity index (χ4n) is 2.79. The lowest BCUT2D eigenvalue weighted by Gasteiger charge is -2.18. The van der Waals surface area contributed by atoms with Gasteiger partial charge in [-0.3, -0.25) is 31.2 Å². The standard InChI is InChI=1S/C16H14N4O8/c21-11-3-1-7(5-9(11)19(25)26)13-14(16(23)17-15(13)18-24)8-2-4-12(22)10(6-8)20(27)28/h1-6,17-18,21-26H/p-2. The Labute approximate surface area is 155 Å². The Kier molecular flexibility index (Phi) is 4.67. The van der Waals surface area contributed by atoms with Crippen LogP contribution < -0.4 is 20.9 Å². The molecule has 0 saturated carbocycles. The molecule has 3 rings (SSSR count). The Morgan fingerprint density at radius 3 is 2.18 bits per heavy atom. The first kappa shape index (κ1) is 18.8. The van der Waals surface area contributed by atoms with Crippen LogP contribution in [0.2, 0.25) is 0 Å². The average Bonchev–Trinajstić information content (AvgIpc) is 2.98. The van der Waals surface area contributed by atoms with Gasteiger partial charge >= 0.3 is 0 Å². The van der Waals surface area contributed by atoms with Crippen LogP contribution in [-0.2, 0) is 0 Å². The highest BCUT2D eigenvalue weighted by Crippen LogP contribution is 2.46. The molecule has 0 fully saturated rings. The van der Waals surface area contributed by atoms with Gasteiger partial charge in [-0.1, -0.05) is 30.0 Å². The fraction of sp³-hybridized carbons (Fsp3) is 0. The number of aromatic hydroxyl groups is 1. The van der Waals surface area contributed by atoms with Crippen LogP contribution in [0.3, 0.4) is 0 Å². The lowest BCUT2D eigenvalue weighted by atomic mass is 9.96. The topological polar surface area (TPSA) is 201 Å². The second kappa shape index (κ2) is 6.96. The number of anilines is 2. The van der Waals surface area contributed by atoms with Crippen LogP contribution in [0.4, 0.5) is 17.2 Å². The Bertz CT molecular complexity index is 1060. The fourth-order valence-corrected chi connectivity index (χ4v) is 2.79. The lowest BCUT2D eigenvalue weighted by Crippen LogP contribution is -2.13. The van der Waals surface area contributed by atoms with Crippen molar-refractivity contribution in [3.63, 3.8) is 0 Å². The van der Waals surface area contributed by atoms with E-state index in [9.17, 15) is 41.1 Å². The molecule has 3 aromatic rings. The summed E-state index contributed by atoms with van der Waals surface area (Å²) in [6.07, 6.45) is 0. The van der Waals surface area contributed by atoms with Gasteiger partial charge < -0.3 is 20.3 Å². The molecule has 0 saturated heterocycles. The van der Waals surface area contributed by atoms with Crippen LogP contribution in [-0.4, -0.2) is 30.6 Å². The number of hydrogen-bond acceptors (Lipinski definition) is 10. The molecule has 12 heteroatoms. The third-order valence-electron chi connectivity index (χ3n) is 4.00. The van der Waals surface area contributed by atoms with Crippen LogP contribution in [0.25, 0.3) is 22.3 Å². The van der Waals surface area contributed by atoms with E-state index in [0.717, 1.165) is 24.3 Å². The van der Waals surface area contributed by atoms with Crippen molar-refractivity contribution >= 4 is 17.2 Å². The normalized spacial score (nSPS) is 10.7. The molecule has 12 nitrogen and oxygen atoms in total. The number of nitrogens with one attached hydrogen (secondary N) is 2. The molecule has 1 aromatic heterocycles. The van der Waals surface area contributed by atoms with E-state index >= 15 is 0 Å².